The summed E-state index contributed by atoms with van der Waals surface area (Å²) in [4.78, 5) is 9.69. The van der Waals surface area contributed by atoms with E-state index in [0.717, 1.165) is 18.4 Å². The first-order valence-corrected chi connectivity index (χ1v) is 8.31. The monoisotopic (exact) mass is 273 g/mol. The molecule has 1 aromatic heterocycles. The highest BCUT2D eigenvalue weighted by atomic mass is 15.0. The summed E-state index contributed by atoms with van der Waals surface area (Å²) < 4.78 is 0. The fraction of sp³-hybridized carbons (Fsp3) is 0.765. The molecule has 2 aliphatic rings. The lowest BCUT2D eigenvalue weighted by Crippen LogP contribution is -2.19. The first kappa shape index (κ1) is 14.0. The second-order valence-corrected chi connectivity index (χ2v) is 6.57. The molecule has 110 valence electrons. The molecule has 0 aliphatic heterocycles. The van der Waals surface area contributed by atoms with Crippen LogP contribution in [0.5, 0.6) is 0 Å². The Morgan fingerprint density at radius 1 is 0.900 bits per heavy atom. The van der Waals surface area contributed by atoms with Gasteiger partial charge in [-0.2, -0.15) is 0 Å². The van der Waals surface area contributed by atoms with Crippen LogP contribution in [0.1, 0.15) is 80.1 Å². The minimum absolute atomic E-state index is 0.598. The normalized spacial score (nSPS) is 20.9. The number of rotatable bonds is 4. The topological polar surface area (TPSA) is 37.8 Å². The molecule has 3 nitrogen and oxygen atoms in total. The molecule has 3 rings (SSSR count). The Balaban J connectivity index is 1.74. The van der Waals surface area contributed by atoms with Crippen molar-refractivity contribution < 1.29 is 0 Å². The van der Waals surface area contributed by atoms with E-state index in [-0.39, 0.29) is 0 Å². The van der Waals surface area contributed by atoms with Crippen LogP contribution in [0.3, 0.4) is 0 Å². The maximum Gasteiger partial charge on any atom is 0.131 e. The standard InChI is InChI=1S/C17H27N3/c1-12-16(11-18-15-9-10-15)13(2)20-17(19-12)14-7-5-3-4-6-8-14/h14-15,18H,3-11H2,1-2H3. The van der Waals surface area contributed by atoms with Crippen LogP contribution >= 0.6 is 0 Å². The highest BCUT2D eigenvalue weighted by Crippen LogP contribution is 2.30. The van der Waals surface area contributed by atoms with Crippen molar-refractivity contribution in [3.8, 4) is 0 Å². The Labute approximate surface area is 122 Å². The molecule has 1 aromatic rings. The zero-order valence-electron chi connectivity index (χ0n) is 12.9. The molecule has 1 N–H and O–H groups in total. The molecule has 2 saturated carbocycles. The van der Waals surface area contributed by atoms with Gasteiger partial charge in [-0.25, -0.2) is 9.97 Å². The average molecular weight is 273 g/mol. The lowest BCUT2D eigenvalue weighted by Gasteiger charge is -2.16. The Morgan fingerprint density at radius 2 is 1.50 bits per heavy atom. The molecule has 0 spiro atoms. The first-order valence-electron chi connectivity index (χ1n) is 8.31. The summed E-state index contributed by atoms with van der Waals surface area (Å²) >= 11 is 0. The van der Waals surface area contributed by atoms with Gasteiger partial charge < -0.3 is 5.32 Å². The molecule has 0 amide bonds. The van der Waals surface area contributed by atoms with Gasteiger partial charge in [0.05, 0.1) is 0 Å². The number of nitrogens with one attached hydrogen (secondary N) is 1. The Hall–Kier alpha value is -0.960. The van der Waals surface area contributed by atoms with E-state index in [1.54, 1.807) is 0 Å². The lowest BCUT2D eigenvalue weighted by molar-refractivity contribution is 0.553. The summed E-state index contributed by atoms with van der Waals surface area (Å²) in [5.74, 6) is 1.71. The van der Waals surface area contributed by atoms with Crippen molar-refractivity contribution in [1.29, 1.82) is 0 Å². The molecule has 1 heterocycles. The van der Waals surface area contributed by atoms with Gasteiger partial charge in [0.25, 0.3) is 0 Å². The van der Waals surface area contributed by atoms with Gasteiger partial charge in [-0.1, -0.05) is 25.7 Å². The molecule has 0 bridgehead atoms. The minimum atomic E-state index is 0.598. The average Bonchev–Trinajstić information content (AvgIpc) is 3.24. The first-order chi connectivity index (χ1) is 9.74. The molecule has 2 aliphatic carbocycles. The van der Waals surface area contributed by atoms with Gasteiger partial charge in [0.15, 0.2) is 0 Å². The van der Waals surface area contributed by atoms with E-state index in [1.165, 1.54) is 68.3 Å². The summed E-state index contributed by atoms with van der Waals surface area (Å²) in [6, 6.07) is 0.746. The van der Waals surface area contributed by atoms with E-state index in [2.05, 4.69) is 19.2 Å². The summed E-state index contributed by atoms with van der Waals surface area (Å²) in [7, 11) is 0. The third-order valence-corrected chi connectivity index (χ3v) is 4.80. The third kappa shape index (κ3) is 3.38. The van der Waals surface area contributed by atoms with Crippen LogP contribution in [-0.2, 0) is 6.54 Å². The molecule has 0 unspecified atom stereocenters. The lowest BCUT2D eigenvalue weighted by atomic mass is 9.99. The molecule has 20 heavy (non-hydrogen) atoms. The summed E-state index contributed by atoms with van der Waals surface area (Å²) in [5.41, 5.74) is 3.68. The van der Waals surface area contributed by atoms with Gasteiger partial charge in [0, 0.05) is 35.5 Å². The number of aromatic nitrogens is 2. The second-order valence-electron chi connectivity index (χ2n) is 6.57. The predicted octanol–water partition coefficient (Wildman–Crippen LogP) is 3.78. The smallest absolute Gasteiger partial charge is 0.131 e. The van der Waals surface area contributed by atoms with Crippen molar-refractivity contribution >= 4 is 0 Å². The van der Waals surface area contributed by atoms with Gasteiger partial charge in [0.1, 0.15) is 5.82 Å². The van der Waals surface area contributed by atoms with Crippen molar-refractivity contribution in [3.05, 3.63) is 22.8 Å². The van der Waals surface area contributed by atoms with Crippen LogP contribution in [0.25, 0.3) is 0 Å². The van der Waals surface area contributed by atoms with Crippen LogP contribution in [0, 0.1) is 13.8 Å². The number of hydrogen-bond acceptors (Lipinski definition) is 3. The maximum atomic E-state index is 4.85. The van der Waals surface area contributed by atoms with Gasteiger partial charge in [-0.15, -0.1) is 0 Å². The van der Waals surface area contributed by atoms with Crippen molar-refractivity contribution in [2.75, 3.05) is 0 Å². The van der Waals surface area contributed by atoms with Crippen LogP contribution in [0.2, 0.25) is 0 Å². The molecule has 0 aromatic carbocycles. The molecular weight excluding hydrogens is 246 g/mol. The Bertz CT molecular complexity index is 434. The zero-order valence-corrected chi connectivity index (χ0v) is 12.9. The van der Waals surface area contributed by atoms with E-state index >= 15 is 0 Å². The van der Waals surface area contributed by atoms with Crippen LogP contribution in [0.15, 0.2) is 0 Å². The van der Waals surface area contributed by atoms with Crippen molar-refractivity contribution in [2.45, 2.75) is 83.7 Å². The second kappa shape index (κ2) is 6.21. The highest BCUT2D eigenvalue weighted by Gasteiger charge is 2.22. The van der Waals surface area contributed by atoms with Gasteiger partial charge >= 0.3 is 0 Å². The third-order valence-electron chi connectivity index (χ3n) is 4.80. The van der Waals surface area contributed by atoms with E-state index < -0.39 is 0 Å². The molecule has 0 radical (unpaired) electrons. The number of hydrogen-bond donors (Lipinski definition) is 1. The number of nitrogens with zero attached hydrogens (tertiary/aromatic N) is 2. The largest absolute Gasteiger partial charge is 0.310 e. The molecule has 2 fully saturated rings. The quantitative estimate of drug-likeness (QED) is 0.848. The van der Waals surface area contributed by atoms with Crippen molar-refractivity contribution in [3.63, 3.8) is 0 Å². The van der Waals surface area contributed by atoms with Gasteiger partial charge in [-0.05, 0) is 39.5 Å². The highest BCUT2D eigenvalue weighted by molar-refractivity contribution is 5.25. The van der Waals surface area contributed by atoms with Gasteiger partial charge in [0.2, 0.25) is 0 Å². The fourth-order valence-electron chi connectivity index (χ4n) is 3.28. The van der Waals surface area contributed by atoms with E-state index in [0.29, 0.717) is 5.92 Å². The van der Waals surface area contributed by atoms with E-state index in [4.69, 9.17) is 9.97 Å². The van der Waals surface area contributed by atoms with E-state index in [9.17, 15) is 0 Å². The van der Waals surface area contributed by atoms with Crippen LogP contribution in [0.4, 0.5) is 0 Å². The predicted molar refractivity (Wildman–Crippen MR) is 81.8 cm³/mol. The van der Waals surface area contributed by atoms with Crippen molar-refractivity contribution in [1.82, 2.24) is 15.3 Å². The van der Waals surface area contributed by atoms with E-state index in [1.807, 2.05) is 0 Å². The maximum absolute atomic E-state index is 4.85. The summed E-state index contributed by atoms with van der Waals surface area (Å²) in [5, 5.41) is 3.58. The molecular formula is C17H27N3. The Morgan fingerprint density at radius 3 is 2.05 bits per heavy atom. The molecule has 0 atom stereocenters. The molecule has 3 heteroatoms. The number of aryl methyl sites for hydroxylation is 2. The summed E-state index contributed by atoms with van der Waals surface area (Å²) in [6.45, 7) is 5.24. The van der Waals surface area contributed by atoms with Crippen LogP contribution in [-0.4, -0.2) is 16.0 Å². The Kier molecular flexibility index (Phi) is 4.35. The molecule has 0 saturated heterocycles. The summed E-state index contributed by atoms with van der Waals surface area (Å²) in [6.07, 6.45) is 10.7. The van der Waals surface area contributed by atoms with Crippen molar-refractivity contribution in [2.24, 2.45) is 0 Å². The minimum Gasteiger partial charge on any atom is -0.310 e. The zero-order chi connectivity index (χ0) is 13.9. The van der Waals surface area contributed by atoms with Gasteiger partial charge in [-0.3, -0.25) is 0 Å². The SMILES string of the molecule is Cc1nc(C2CCCCCC2)nc(C)c1CNC1CC1. The van der Waals surface area contributed by atoms with Crippen LogP contribution < -0.4 is 5.32 Å². The fourth-order valence-corrected chi connectivity index (χ4v) is 3.28.